The first-order chi connectivity index (χ1) is 6.83. The number of nitrogens with one attached hydrogen (secondary N) is 1. The van der Waals surface area contributed by atoms with Gasteiger partial charge in [-0.15, -0.1) is 0 Å². The van der Waals surface area contributed by atoms with Crippen LogP contribution in [0.5, 0.6) is 0 Å². The molecule has 0 unspecified atom stereocenters. The molecule has 0 saturated heterocycles. The van der Waals surface area contributed by atoms with Crippen molar-refractivity contribution in [2.45, 2.75) is 19.8 Å². The van der Waals surface area contributed by atoms with Gasteiger partial charge in [-0.2, -0.15) is 0 Å². The van der Waals surface area contributed by atoms with Crippen molar-refractivity contribution in [3.63, 3.8) is 0 Å². The Labute approximate surface area is 86.2 Å². The van der Waals surface area contributed by atoms with E-state index in [0.29, 0.717) is 0 Å². The van der Waals surface area contributed by atoms with E-state index in [1.165, 1.54) is 5.70 Å². The Morgan fingerprint density at radius 3 is 3.07 bits per heavy atom. The maximum absolute atomic E-state index is 3.92. The second kappa shape index (κ2) is 6.03. The fourth-order valence-corrected chi connectivity index (χ4v) is 1.23. The van der Waals surface area contributed by atoms with Crippen LogP contribution in [-0.2, 0) is 0 Å². The van der Waals surface area contributed by atoms with Crippen molar-refractivity contribution in [1.29, 1.82) is 0 Å². The molecule has 0 amide bonds. The average Bonchev–Trinajstić information content (AvgIpc) is 2.27. The molecule has 0 spiro atoms. The lowest BCUT2D eigenvalue weighted by molar-refractivity contribution is 0.867. The summed E-state index contributed by atoms with van der Waals surface area (Å²) in [7, 11) is 0. The molecule has 14 heavy (non-hydrogen) atoms. The molecule has 0 bridgehead atoms. The number of hydrogen-bond acceptors (Lipinski definition) is 1. The van der Waals surface area contributed by atoms with Crippen molar-refractivity contribution in [3.8, 4) is 0 Å². The molecule has 74 valence electrons. The van der Waals surface area contributed by atoms with E-state index in [0.717, 1.165) is 18.5 Å². The van der Waals surface area contributed by atoms with Gasteiger partial charge in [0.25, 0.3) is 0 Å². The lowest BCUT2D eigenvalue weighted by Gasteiger charge is -2.08. The van der Waals surface area contributed by atoms with Crippen LogP contribution in [0.3, 0.4) is 0 Å². The SMILES string of the molecule is C=C1/C=C\C=C/CC/C(=C\C=C/C)N1. The molecule has 0 radical (unpaired) electrons. The van der Waals surface area contributed by atoms with Crippen molar-refractivity contribution in [2.75, 3.05) is 0 Å². The normalized spacial score (nSPS) is 25.2. The topological polar surface area (TPSA) is 12.0 Å². The minimum atomic E-state index is 0.937. The van der Waals surface area contributed by atoms with Gasteiger partial charge < -0.3 is 5.32 Å². The van der Waals surface area contributed by atoms with Crippen molar-refractivity contribution < 1.29 is 0 Å². The van der Waals surface area contributed by atoms with Gasteiger partial charge in [0.15, 0.2) is 0 Å². The Bertz CT molecular complexity index is 303. The van der Waals surface area contributed by atoms with Crippen LogP contribution >= 0.6 is 0 Å². The summed E-state index contributed by atoms with van der Waals surface area (Å²) in [5.41, 5.74) is 2.15. The largest absolute Gasteiger partial charge is 0.359 e. The van der Waals surface area contributed by atoms with Crippen LogP contribution in [0.15, 0.2) is 60.5 Å². The van der Waals surface area contributed by atoms with Gasteiger partial charge in [-0.1, -0.05) is 37.0 Å². The zero-order valence-electron chi connectivity index (χ0n) is 8.66. The zero-order chi connectivity index (χ0) is 10.2. The lowest BCUT2D eigenvalue weighted by Crippen LogP contribution is -2.09. The van der Waals surface area contributed by atoms with Crippen LogP contribution in [0.25, 0.3) is 0 Å². The summed E-state index contributed by atoms with van der Waals surface area (Å²) in [6.45, 7) is 5.93. The molecule has 0 fully saturated rings. The van der Waals surface area contributed by atoms with Gasteiger partial charge in [0.2, 0.25) is 0 Å². The minimum Gasteiger partial charge on any atom is -0.359 e. The Morgan fingerprint density at radius 2 is 2.29 bits per heavy atom. The van der Waals surface area contributed by atoms with E-state index in [-0.39, 0.29) is 0 Å². The summed E-state index contributed by atoms with van der Waals surface area (Å²) in [5.74, 6) is 0. The van der Waals surface area contributed by atoms with Gasteiger partial charge in [-0.25, -0.2) is 0 Å². The highest BCUT2D eigenvalue weighted by molar-refractivity contribution is 5.25. The first-order valence-corrected chi connectivity index (χ1v) is 4.94. The molecule has 0 aromatic carbocycles. The predicted molar refractivity (Wildman–Crippen MR) is 62.7 cm³/mol. The third kappa shape index (κ3) is 3.94. The smallest absolute Gasteiger partial charge is 0.0308 e. The molecule has 1 rings (SSSR count). The third-order valence-electron chi connectivity index (χ3n) is 1.94. The number of allylic oxidation sites excluding steroid dienone is 8. The van der Waals surface area contributed by atoms with Gasteiger partial charge in [-0.05, 0) is 31.9 Å². The van der Waals surface area contributed by atoms with Crippen LogP contribution in [-0.4, -0.2) is 0 Å². The Hall–Kier alpha value is -1.50. The third-order valence-corrected chi connectivity index (χ3v) is 1.94. The highest BCUT2D eigenvalue weighted by Crippen LogP contribution is 2.07. The summed E-state index contributed by atoms with van der Waals surface area (Å²) >= 11 is 0. The van der Waals surface area contributed by atoms with Crippen molar-refractivity contribution >= 4 is 0 Å². The highest BCUT2D eigenvalue weighted by Gasteiger charge is 1.96. The molecule has 0 saturated carbocycles. The van der Waals surface area contributed by atoms with Gasteiger partial charge in [0.05, 0.1) is 0 Å². The molecule has 0 atom stereocenters. The lowest BCUT2D eigenvalue weighted by atomic mass is 10.2. The second-order valence-electron chi connectivity index (χ2n) is 3.19. The number of hydrogen-bond donors (Lipinski definition) is 1. The molecule has 1 aliphatic rings. The molecule has 1 aliphatic heterocycles. The van der Waals surface area contributed by atoms with Gasteiger partial charge in [0.1, 0.15) is 0 Å². The van der Waals surface area contributed by atoms with Crippen molar-refractivity contribution in [3.05, 3.63) is 60.5 Å². The average molecular weight is 187 g/mol. The molecular weight excluding hydrogens is 170 g/mol. The summed E-state index contributed by atoms with van der Waals surface area (Å²) in [6.07, 6.45) is 16.5. The molecule has 1 N–H and O–H groups in total. The first kappa shape index (κ1) is 10.6. The molecule has 1 heterocycles. The fraction of sp³-hybridized carbons (Fsp3) is 0.231. The maximum atomic E-state index is 3.92. The monoisotopic (exact) mass is 187 g/mol. The van der Waals surface area contributed by atoms with E-state index in [1.54, 1.807) is 0 Å². The van der Waals surface area contributed by atoms with E-state index in [1.807, 2.05) is 31.2 Å². The van der Waals surface area contributed by atoms with Crippen molar-refractivity contribution in [2.24, 2.45) is 0 Å². The second-order valence-corrected chi connectivity index (χ2v) is 3.19. The van der Waals surface area contributed by atoms with E-state index >= 15 is 0 Å². The van der Waals surface area contributed by atoms with Crippen LogP contribution < -0.4 is 5.32 Å². The minimum absolute atomic E-state index is 0.937. The Balaban J connectivity index is 2.72. The molecule has 1 nitrogen and oxygen atoms in total. The summed E-state index contributed by atoms with van der Waals surface area (Å²) in [5, 5.41) is 3.28. The van der Waals surface area contributed by atoms with Gasteiger partial charge in [0, 0.05) is 11.4 Å². The van der Waals surface area contributed by atoms with Crippen LogP contribution in [0.1, 0.15) is 19.8 Å². The molecule has 0 aromatic heterocycles. The Kier molecular flexibility index (Phi) is 4.56. The van der Waals surface area contributed by atoms with Crippen LogP contribution in [0.2, 0.25) is 0 Å². The van der Waals surface area contributed by atoms with Crippen molar-refractivity contribution in [1.82, 2.24) is 5.32 Å². The first-order valence-electron chi connectivity index (χ1n) is 4.94. The van der Waals surface area contributed by atoms with Crippen LogP contribution in [0.4, 0.5) is 0 Å². The fourth-order valence-electron chi connectivity index (χ4n) is 1.23. The van der Waals surface area contributed by atoms with Gasteiger partial charge >= 0.3 is 0 Å². The molecule has 0 aliphatic carbocycles. The summed E-state index contributed by atoms with van der Waals surface area (Å²) < 4.78 is 0. The maximum Gasteiger partial charge on any atom is 0.0308 e. The predicted octanol–water partition coefficient (Wildman–Crippen LogP) is 3.46. The standard InChI is InChI=1S/C13H17N/c1-3-4-10-13-11-8-6-5-7-9-12(2)14-13/h3-7,9-10,14H,2,8,11H2,1H3/b4-3-,6-5-,9-7-,13-10+. The zero-order valence-corrected chi connectivity index (χ0v) is 8.66. The van der Waals surface area contributed by atoms with Gasteiger partial charge in [-0.3, -0.25) is 0 Å². The highest BCUT2D eigenvalue weighted by atomic mass is 14.9. The summed E-state index contributed by atoms with van der Waals surface area (Å²) in [4.78, 5) is 0. The molecule has 0 aromatic rings. The van der Waals surface area contributed by atoms with E-state index in [2.05, 4.69) is 30.1 Å². The molecule has 1 heteroatoms. The van der Waals surface area contributed by atoms with E-state index < -0.39 is 0 Å². The van der Waals surface area contributed by atoms with E-state index in [9.17, 15) is 0 Å². The van der Waals surface area contributed by atoms with Crippen LogP contribution in [0, 0.1) is 0 Å². The van der Waals surface area contributed by atoms with E-state index in [4.69, 9.17) is 0 Å². The molecular formula is C13H17N. The summed E-state index contributed by atoms with van der Waals surface area (Å²) in [6, 6.07) is 0. The Morgan fingerprint density at radius 1 is 1.43 bits per heavy atom. The number of rotatable bonds is 1. The quantitative estimate of drug-likeness (QED) is 0.663.